The number of rotatable bonds is 10. The van der Waals surface area contributed by atoms with Crippen LogP contribution in [0.2, 0.25) is 0 Å². The first-order chi connectivity index (χ1) is 15.0. The Hall–Kier alpha value is -3.38. The fraction of sp³-hybridized carbons (Fsp3) is 0.350. The number of esters is 1. The molecule has 32 heavy (non-hydrogen) atoms. The second kappa shape index (κ2) is 10.3. The first kappa shape index (κ1) is 24.9. The molecule has 2 aromatic rings. The summed E-state index contributed by atoms with van der Waals surface area (Å²) >= 11 is 0. The van der Waals surface area contributed by atoms with Gasteiger partial charge >= 0.3 is 5.97 Å². The van der Waals surface area contributed by atoms with Gasteiger partial charge in [0.2, 0.25) is 5.75 Å². The zero-order chi connectivity index (χ0) is 24.1. The fourth-order valence-corrected chi connectivity index (χ4v) is 3.58. The molecular formula is C20H23NO10S. The summed E-state index contributed by atoms with van der Waals surface area (Å²) in [5.41, 5.74) is 0.141. The van der Waals surface area contributed by atoms with E-state index in [2.05, 4.69) is 0 Å². The molecule has 0 saturated heterocycles. The minimum atomic E-state index is -3.89. The Bertz CT molecular complexity index is 1060. The first-order valence-electron chi connectivity index (χ1n) is 9.14. The maximum Gasteiger partial charge on any atom is 0.338 e. The van der Waals surface area contributed by atoms with Gasteiger partial charge in [-0.2, -0.15) is 8.42 Å². The van der Waals surface area contributed by atoms with Gasteiger partial charge in [-0.05, 0) is 31.2 Å². The molecule has 0 aromatic heterocycles. The predicted octanol–water partition coefficient (Wildman–Crippen LogP) is 2.88. The molecule has 0 radical (unpaired) electrons. The third-order valence-corrected chi connectivity index (χ3v) is 4.97. The van der Waals surface area contributed by atoms with Gasteiger partial charge in [-0.15, -0.1) is 0 Å². The molecule has 0 N–H and O–H groups in total. The lowest BCUT2D eigenvalue weighted by atomic mass is 10.0. The van der Waals surface area contributed by atoms with E-state index in [1.54, 1.807) is 0 Å². The predicted molar refractivity (Wildman–Crippen MR) is 113 cm³/mol. The number of carbonyl (C=O) groups excluding carboxylic acids is 1. The Kier molecular flexibility index (Phi) is 8.00. The van der Waals surface area contributed by atoms with Crippen LogP contribution < -0.4 is 14.2 Å². The summed E-state index contributed by atoms with van der Waals surface area (Å²) < 4.78 is 49.9. The lowest BCUT2D eigenvalue weighted by molar-refractivity contribution is -0.384. The Morgan fingerprint density at radius 2 is 1.53 bits per heavy atom. The highest BCUT2D eigenvalue weighted by atomic mass is 32.2. The second-order valence-electron chi connectivity index (χ2n) is 6.59. The van der Waals surface area contributed by atoms with Gasteiger partial charge in [0.15, 0.2) is 17.6 Å². The zero-order valence-electron chi connectivity index (χ0n) is 18.1. The third kappa shape index (κ3) is 6.08. The number of carbonyl (C=O) groups is 1. The van der Waals surface area contributed by atoms with Crippen molar-refractivity contribution in [3.05, 3.63) is 57.6 Å². The number of nitro benzene ring substituents is 1. The number of non-ortho nitro benzene ring substituents is 1. The summed E-state index contributed by atoms with van der Waals surface area (Å²) in [5, 5.41) is 10.8. The van der Waals surface area contributed by atoms with Gasteiger partial charge in [0.05, 0.1) is 38.1 Å². The van der Waals surface area contributed by atoms with Crippen LogP contribution in [0.25, 0.3) is 0 Å². The highest BCUT2D eigenvalue weighted by molar-refractivity contribution is 7.86. The van der Waals surface area contributed by atoms with Crippen LogP contribution in [0.5, 0.6) is 17.2 Å². The monoisotopic (exact) mass is 469 g/mol. The summed E-state index contributed by atoms with van der Waals surface area (Å²) in [6.45, 7) is 1.41. The molecule has 0 spiro atoms. The van der Waals surface area contributed by atoms with Gasteiger partial charge in [-0.1, -0.05) is 0 Å². The average molecular weight is 469 g/mol. The zero-order valence-corrected chi connectivity index (χ0v) is 18.9. The van der Waals surface area contributed by atoms with Crippen molar-refractivity contribution in [2.24, 2.45) is 0 Å². The normalized spacial score (nSPS) is 13.0. The van der Waals surface area contributed by atoms with E-state index in [0.717, 1.165) is 18.4 Å². The average Bonchev–Trinajstić information content (AvgIpc) is 2.74. The standard InChI is InChI=1S/C20H23NO10S/c1-12(31-32(5,25)26)18(14-10-16(27-2)19(29-4)17(11-14)28-3)30-20(22)13-6-8-15(9-7-13)21(23)24/h6-12,18H,1-5H3/t12-,18+/m0/s1. The summed E-state index contributed by atoms with van der Waals surface area (Å²) in [5.74, 6) is -0.0481. The number of ether oxygens (including phenoxy) is 4. The number of hydrogen-bond acceptors (Lipinski definition) is 10. The number of benzene rings is 2. The molecule has 12 heteroatoms. The summed E-state index contributed by atoms with van der Waals surface area (Å²) in [7, 11) is 0.325. The van der Waals surface area contributed by atoms with Crippen molar-refractivity contribution >= 4 is 21.8 Å². The molecule has 0 aliphatic heterocycles. The topological polar surface area (TPSA) is 140 Å². The van der Waals surface area contributed by atoms with E-state index in [1.165, 1.54) is 52.5 Å². The van der Waals surface area contributed by atoms with Gasteiger partial charge in [0, 0.05) is 17.7 Å². The van der Waals surface area contributed by atoms with Crippen LogP contribution in [-0.2, 0) is 19.0 Å². The smallest absolute Gasteiger partial charge is 0.338 e. The summed E-state index contributed by atoms with van der Waals surface area (Å²) in [4.78, 5) is 22.9. The SMILES string of the molecule is COc1cc([C@H](OC(=O)c2ccc([N+](=O)[O-])cc2)[C@H](C)OS(C)(=O)=O)cc(OC)c1OC. The van der Waals surface area contributed by atoms with Crippen molar-refractivity contribution in [3.63, 3.8) is 0 Å². The molecule has 0 fully saturated rings. The van der Waals surface area contributed by atoms with E-state index in [4.69, 9.17) is 23.1 Å². The fourth-order valence-electron chi connectivity index (χ4n) is 2.93. The highest BCUT2D eigenvalue weighted by Gasteiger charge is 2.30. The van der Waals surface area contributed by atoms with Crippen molar-refractivity contribution in [2.75, 3.05) is 27.6 Å². The van der Waals surface area contributed by atoms with Crippen molar-refractivity contribution < 1.29 is 41.3 Å². The molecule has 2 atom stereocenters. The molecule has 0 aliphatic carbocycles. The van der Waals surface area contributed by atoms with Gasteiger partial charge in [-0.25, -0.2) is 4.79 Å². The molecule has 0 bridgehead atoms. The number of hydrogen-bond donors (Lipinski definition) is 0. The number of nitrogens with zero attached hydrogens (tertiary/aromatic N) is 1. The number of methoxy groups -OCH3 is 3. The van der Waals surface area contributed by atoms with Crippen molar-refractivity contribution in [3.8, 4) is 17.2 Å². The summed E-state index contributed by atoms with van der Waals surface area (Å²) in [6, 6.07) is 7.76. The van der Waals surface area contributed by atoms with E-state index in [0.29, 0.717) is 5.56 Å². The second-order valence-corrected chi connectivity index (χ2v) is 8.19. The molecule has 0 unspecified atom stereocenters. The molecule has 2 aromatic carbocycles. The molecular weight excluding hydrogens is 446 g/mol. The van der Waals surface area contributed by atoms with Gasteiger partial charge in [-0.3, -0.25) is 14.3 Å². The summed E-state index contributed by atoms with van der Waals surface area (Å²) in [6.07, 6.45) is -1.47. The highest BCUT2D eigenvalue weighted by Crippen LogP contribution is 2.41. The van der Waals surface area contributed by atoms with Gasteiger partial charge < -0.3 is 18.9 Å². The van der Waals surface area contributed by atoms with Crippen LogP contribution in [0.1, 0.15) is 28.9 Å². The lowest BCUT2D eigenvalue weighted by Gasteiger charge is -2.25. The molecule has 0 amide bonds. The molecule has 174 valence electrons. The Morgan fingerprint density at radius 3 is 1.94 bits per heavy atom. The van der Waals surface area contributed by atoms with E-state index in [9.17, 15) is 23.3 Å². The minimum Gasteiger partial charge on any atom is -0.493 e. The van der Waals surface area contributed by atoms with Crippen LogP contribution in [0.15, 0.2) is 36.4 Å². The van der Waals surface area contributed by atoms with Gasteiger partial charge in [0.1, 0.15) is 6.10 Å². The Morgan fingerprint density at radius 1 is 1.00 bits per heavy atom. The van der Waals surface area contributed by atoms with Crippen molar-refractivity contribution in [2.45, 2.75) is 19.1 Å². The van der Waals surface area contributed by atoms with Crippen LogP contribution in [-0.4, -0.2) is 53.0 Å². The van der Waals surface area contributed by atoms with Crippen LogP contribution >= 0.6 is 0 Å². The maximum atomic E-state index is 12.7. The van der Waals surface area contributed by atoms with Crippen LogP contribution in [0.3, 0.4) is 0 Å². The molecule has 2 rings (SSSR count). The molecule has 0 aliphatic rings. The van der Waals surface area contributed by atoms with Crippen LogP contribution in [0, 0.1) is 10.1 Å². The van der Waals surface area contributed by atoms with Crippen molar-refractivity contribution in [1.82, 2.24) is 0 Å². The lowest BCUT2D eigenvalue weighted by Crippen LogP contribution is -2.26. The van der Waals surface area contributed by atoms with E-state index in [-0.39, 0.29) is 28.5 Å². The molecule has 0 heterocycles. The number of nitro groups is 1. The van der Waals surface area contributed by atoms with Crippen LogP contribution in [0.4, 0.5) is 5.69 Å². The molecule has 0 saturated carbocycles. The van der Waals surface area contributed by atoms with E-state index >= 15 is 0 Å². The first-order valence-corrected chi connectivity index (χ1v) is 11.0. The molecule has 11 nitrogen and oxygen atoms in total. The largest absolute Gasteiger partial charge is 0.493 e. The minimum absolute atomic E-state index is 0.0274. The van der Waals surface area contributed by atoms with E-state index < -0.39 is 33.2 Å². The Labute approximate surface area is 185 Å². The Balaban J connectivity index is 2.49. The third-order valence-electron chi connectivity index (χ3n) is 4.32. The maximum absolute atomic E-state index is 12.7. The van der Waals surface area contributed by atoms with Gasteiger partial charge in [0.25, 0.3) is 15.8 Å². The van der Waals surface area contributed by atoms with E-state index in [1.807, 2.05) is 0 Å². The van der Waals surface area contributed by atoms with Crippen molar-refractivity contribution in [1.29, 1.82) is 0 Å². The quantitative estimate of drug-likeness (QED) is 0.221.